The van der Waals surface area contributed by atoms with Crippen LogP contribution in [0.1, 0.15) is 13.8 Å². The van der Waals surface area contributed by atoms with Gasteiger partial charge >= 0.3 is 0 Å². The lowest BCUT2D eigenvalue weighted by Gasteiger charge is -2.23. The molecule has 0 aliphatic heterocycles. The minimum Gasteiger partial charge on any atom is -0.377 e. The van der Waals surface area contributed by atoms with Crippen molar-refractivity contribution in [3.8, 4) is 0 Å². The molecule has 0 unspecified atom stereocenters. The normalized spacial score (nSPS) is 11.3. The molecule has 17 heavy (non-hydrogen) atoms. The fourth-order valence-electron chi connectivity index (χ4n) is 1.03. The molecular formula is C10H14BrN3O3. The number of pyridine rings is 1. The van der Waals surface area contributed by atoms with Gasteiger partial charge in [0.15, 0.2) is 0 Å². The quantitative estimate of drug-likeness (QED) is 0.668. The molecule has 1 rings (SSSR count). The van der Waals surface area contributed by atoms with Crippen molar-refractivity contribution in [2.24, 2.45) is 0 Å². The lowest BCUT2D eigenvalue weighted by molar-refractivity contribution is -0.385. The SMILES string of the molecule is COC(C)(C)CNc1ncc([N+](=O)[O-])cc1Br. The molecule has 0 saturated heterocycles. The predicted molar refractivity (Wildman–Crippen MR) is 68.2 cm³/mol. The monoisotopic (exact) mass is 303 g/mol. The molecule has 1 aromatic rings. The molecule has 0 saturated carbocycles. The zero-order valence-corrected chi connectivity index (χ0v) is 11.4. The molecule has 0 aromatic carbocycles. The number of hydrogen-bond acceptors (Lipinski definition) is 5. The summed E-state index contributed by atoms with van der Waals surface area (Å²) in [7, 11) is 1.62. The van der Waals surface area contributed by atoms with E-state index < -0.39 is 4.92 Å². The van der Waals surface area contributed by atoms with Crippen LogP contribution >= 0.6 is 15.9 Å². The summed E-state index contributed by atoms with van der Waals surface area (Å²) in [5, 5.41) is 13.6. The molecule has 0 atom stereocenters. The summed E-state index contributed by atoms with van der Waals surface area (Å²) in [6.45, 7) is 4.41. The van der Waals surface area contributed by atoms with Crippen molar-refractivity contribution in [1.29, 1.82) is 0 Å². The van der Waals surface area contributed by atoms with Gasteiger partial charge < -0.3 is 10.1 Å². The fraction of sp³-hybridized carbons (Fsp3) is 0.500. The first-order valence-corrected chi connectivity index (χ1v) is 5.74. The first-order chi connectivity index (χ1) is 7.85. The smallest absolute Gasteiger partial charge is 0.288 e. The van der Waals surface area contributed by atoms with E-state index in [1.807, 2.05) is 13.8 Å². The van der Waals surface area contributed by atoms with Crippen LogP contribution in [0.4, 0.5) is 11.5 Å². The molecular weight excluding hydrogens is 290 g/mol. The summed E-state index contributed by atoms with van der Waals surface area (Å²) in [5.74, 6) is 0.556. The van der Waals surface area contributed by atoms with Gasteiger partial charge in [0, 0.05) is 19.7 Å². The van der Waals surface area contributed by atoms with Crippen molar-refractivity contribution >= 4 is 27.4 Å². The number of anilines is 1. The Balaban J connectivity index is 2.77. The predicted octanol–water partition coefficient (Wildman–Crippen LogP) is 2.59. The van der Waals surface area contributed by atoms with Crippen LogP contribution < -0.4 is 5.32 Å². The van der Waals surface area contributed by atoms with Crippen molar-refractivity contribution in [3.05, 3.63) is 26.9 Å². The molecule has 7 heteroatoms. The number of hydrogen-bond donors (Lipinski definition) is 1. The molecule has 0 amide bonds. The van der Waals surface area contributed by atoms with E-state index in [2.05, 4.69) is 26.2 Å². The lowest BCUT2D eigenvalue weighted by atomic mass is 10.1. The van der Waals surface area contributed by atoms with Crippen molar-refractivity contribution in [2.45, 2.75) is 19.4 Å². The average molecular weight is 304 g/mol. The molecule has 1 heterocycles. The number of nitro groups is 1. The highest BCUT2D eigenvalue weighted by Gasteiger charge is 2.17. The minimum atomic E-state index is -0.485. The highest BCUT2D eigenvalue weighted by atomic mass is 79.9. The van der Waals surface area contributed by atoms with Crippen molar-refractivity contribution in [2.75, 3.05) is 19.0 Å². The molecule has 0 radical (unpaired) electrons. The highest BCUT2D eigenvalue weighted by molar-refractivity contribution is 9.10. The number of methoxy groups -OCH3 is 1. The van der Waals surface area contributed by atoms with Crippen LogP contribution in [0.15, 0.2) is 16.7 Å². The van der Waals surface area contributed by atoms with E-state index in [1.54, 1.807) is 7.11 Å². The van der Waals surface area contributed by atoms with Crippen LogP contribution in [-0.2, 0) is 4.74 Å². The highest BCUT2D eigenvalue weighted by Crippen LogP contribution is 2.24. The summed E-state index contributed by atoms with van der Waals surface area (Å²) in [6.07, 6.45) is 1.22. The molecule has 1 N–H and O–H groups in total. The standard InChI is InChI=1S/C10H14BrN3O3/c1-10(2,17-3)6-13-9-8(11)4-7(5-12-9)14(15)16/h4-5H,6H2,1-3H3,(H,12,13). The molecule has 0 fully saturated rings. The Morgan fingerprint density at radius 3 is 2.76 bits per heavy atom. The van der Waals surface area contributed by atoms with Gasteiger partial charge in [-0.15, -0.1) is 0 Å². The second kappa shape index (κ2) is 5.42. The van der Waals surface area contributed by atoms with Gasteiger partial charge in [0.2, 0.25) is 0 Å². The third-order valence-corrected chi connectivity index (χ3v) is 2.88. The van der Waals surface area contributed by atoms with E-state index in [-0.39, 0.29) is 11.3 Å². The van der Waals surface area contributed by atoms with Crippen LogP contribution in [-0.4, -0.2) is 29.2 Å². The lowest BCUT2D eigenvalue weighted by Crippen LogP contribution is -2.32. The van der Waals surface area contributed by atoms with Gasteiger partial charge in [0.25, 0.3) is 5.69 Å². The number of nitrogens with one attached hydrogen (secondary N) is 1. The first-order valence-electron chi connectivity index (χ1n) is 4.95. The first kappa shape index (κ1) is 13.9. The molecule has 6 nitrogen and oxygen atoms in total. The van der Waals surface area contributed by atoms with Gasteiger partial charge in [0.05, 0.1) is 15.0 Å². The summed E-state index contributed by atoms with van der Waals surface area (Å²) in [4.78, 5) is 14.0. The molecule has 94 valence electrons. The number of ether oxygens (including phenoxy) is 1. The van der Waals surface area contributed by atoms with Crippen LogP contribution in [0.25, 0.3) is 0 Å². The largest absolute Gasteiger partial charge is 0.377 e. The van der Waals surface area contributed by atoms with Gasteiger partial charge in [-0.2, -0.15) is 0 Å². The Bertz CT molecular complexity index is 423. The van der Waals surface area contributed by atoms with E-state index >= 15 is 0 Å². The van der Waals surface area contributed by atoms with E-state index in [1.165, 1.54) is 12.3 Å². The van der Waals surface area contributed by atoms with Crippen LogP contribution in [0.5, 0.6) is 0 Å². The second-order valence-electron chi connectivity index (χ2n) is 4.10. The van der Waals surface area contributed by atoms with Crippen molar-refractivity contribution in [3.63, 3.8) is 0 Å². The summed E-state index contributed by atoms with van der Waals surface area (Å²) < 4.78 is 5.80. The second-order valence-corrected chi connectivity index (χ2v) is 4.95. The van der Waals surface area contributed by atoms with Crippen LogP contribution in [0, 0.1) is 10.1 Å². The summed E-state index contributed by atoms with van der Waals surface area (Å²) in [6, 6.07) is 1.41. The maximum Gasteiger partial charge on any atom is 0.288 e. The number of aromatic nitrogens is 1. The maximum atomic E-state index is 10.5. The molecule has 1 aromatic heterocycles. The Morgan fingerprint density at radius 1 is 1.65 bits per heavy atom. The molecule has 0 spiro atoms. The Morgan fingerprint density at radius 2 is 2.29 bits per heavy atom. The number of rotatable bonds is 5. The van der Waals surface area contributed by atoms with Crippen molar-refractivity contribution < 1.29 is 9.66 Å². The maximum absolute atomic E-state index is 10.5. The van der Waals surface area contributed by atoms with Gasteiger partial charge in [0.1, 0.15) is 12.0 Å². The van der Waals surface area contributed by atoms with E-state index in [9.17, 15) is 10.1 Å². The minimum absolute atomic E-state index is 0.0478. The third-order valence-electron chi connectivity index (χ3n) is 2.27. The van der Waals surface area contributed by atoms with Gasteiger partial charge in [-0.25, -0.2) is 4.98 Å². The van der Waals surface area contributed by atoms with Crippen LogP contribution in [0.3, 0.4) is 0 Å². The Labute approximate surface area is 108 Å². The number of nitrogens with zero attached hydrogens (tertiary/aromatic N) is 2. The van der Waals surface area contributed by atoms with Gasteiger partial charge in [-0.1, -0.05) is 0 Å². The summed E-state index contributed by atoms with van der Waals surface area (Å²) in [5.41, 5.74) is -0.378. The zero-order valence-electron chi connectivity index (χ0n) is 9.86. The average Bonchev–Trinajstić information content (AvgIpc) is 2.27. The van der Waals surface area contributed by atoms with Gasteiger partial charge in [-0.05, 0) is 29.8 Å². The molecule has 0 bridgehead atoms. The zero-order chi connectivity index (χ0) is 13.1. The number of halogens is 1. The molecule has 0 aliphatic carbocycles. The third kappa shape index (κ3) is 3.94. The molecule has 0 aliphatic rings. The Kier molecular flexibility index (Phi) is 4.41. The van der Waals surface area contributed by atoms with Gasteiger partial charge in [-0.3, -0.25) is 10.1 Å². The van der Waals surface area contributed by atoms with E-state index in [0.29, 0.717) is 16.8 Å². The topological polar surface area (TPSA) is 77.3 Å². The van der Waals surface area contributed by atoms with Crippen LogP contribution in [0.2, 0.25) is 0 Å². The summed E-state index contributed by atoms with van der Waals surface area (Å²) >= 11 is 3.23. The fourth-order valence-corrected chi connectivity index (χ4v) is 1.50. The van der Waals surface area contributed by atoms with E-state index in [4.69, 9.17) is 4.74 Å². The van der Waals surface area contributed by atoms with E-state index in [0.717, 1.165) is 0 Å². The Hall–Kier alpha value is -1.21. The van der Waals surface area contributed by atoms with Crippen molar-refractivity contribution in [1.82, 2.24) is 4.98 Å².